The minimum absolute atomic E-state index is 0.0149. The van der Waals surface area contributed by atoms with E-state index in [1.165, 1.54) is 0 Å². The lowest BCUT2D eigenvalue weighted by Gasteiger charge is -2.11. The summed E-state index contributed by atoms with van der Waals surface area (Å²) in [4.78, 5) is 12.0. The lowest BCUT2D eigenvalue weighted by molar-refractivity contribution is -0.145. The van der Waals surface area contributed by atoms with Crippen LogP contribution in [-0.2, 0) is 14.9 Å². The minimum atomic E-state index is -0.289. The SMILES string of the molecule is CCOC(=O)C1C(C=C(Cl)Cl)C1(C)c1ccccc1. The van der Waals surface area contributed by atoms with E-state index in [1.54, 1.807) is 13.0 Å². The molecule has 1 aliphatic carbocycles. The van der Waals surface area contributed by atoms with Crippen LogP contribution in [0.5, 0.6) is 0 Å². The molecule has 2 rings (SSSR count). The number of hydrogen-bond acceptors (Lipinski definition) is 2. The summed E-state index contributed by atoms with van der Waals surface area (Å²) >= 11 is 11.5. The van der Waals surface area contributed by atoms with Crippen LogP contribution >= 0.6 is 23.2 Å². The van der Waals surface area contributed by atoms with E-state index in [4.69, 9.17) is 27.9 Å². The molecule has 2 nitrogen and oxygen atoms in total. The van der Waals surface area contributed by atoms with E-state index in [9.17, 15) is 4.79 Å². The third kappa shape index (κ3) is 2.65. The number of ether oxygens (including phenoxy) is 1. The molecule has 1 aromatic carbocycles. The summed E-state index contributed by atoms with van der Waals surface area (Å²) in [5.41, 5.74) is 0.812. The molecule has 0 N–H and O–H groups in total. The maximum absolute atomic E-state index is 12.0. The molecule has 102 valence electrons. The molecular formula is C15H16Cl2O2. The summed E-state index contributed by atoms with van der Waals surface area (Å²) < 4.78 is 5.33. The van der Waals surface area contributed by atoms with Crippen molar-refractivity contribution < 1.29 is 9.53 Å². The Bertz CT molecular complexity index is 494. The summed E-state index contributed by atoms with van der Waals surface area (Å²) in [6, 6.07) is 9.91. The van der Waals surface area contributed by atoms with E-state index in [0.29, 0.717) is 6.61 Å². The van der Waals surface area contributed by atoms with Crippen LogP contribution < -0.4 is 0 Å². The first kappa shape index (κ1) is 14.4. The third-order valence-electron chi connectivity index (χ3n) is 3.83. The molecule has 0 radical (unpaired) electrons. The molecular weight excluding hydrogens is 283 g/mol. The number of esters is 1. The number of carbonyl (C=O) groups excluding carboxylic acids is 1. The zero-order valence-corrected chi connectivity index (χ0v) is 12.4. The van der Waals surface area contributed by atoms with Crippen molar-refractivity contribution in [3.63, 3.8) is 0 Å². The van der Waals surface area contributed by atoms with Crippen LogP contribution in [0, 0.1) is 11.8 Å². The first-order valence-electron chi connectivity index (χ1n) is 6.26. The Kier molecular flexibility index (Phi) is 4.22. The predicted octanol–water partition coefficient (Wildman–Crippen LogP) is 4.07. The Morgan fingerprint density at radius 3 is 2.53 bits per heavy atom. The van der Waals surface area contributed by atoms with Crippen LogP contribution in [0.4, 0.5) is 0 Å². The van der Waals surface area contributed by atoms with Gasteiger partial charge in [-0.2, -0.15) is 0 Å². The number of carbonyl (C=O) groups is 1. The van der Waals surface area contributed by atoms with Crippen LogP contribution in [-0.4, -0.2) is 12.6 Å². The average Bonchev–Trinajstić information content (AvgIpc) is 2.96. The molecule has 19 heavy (non-hydrogen) atoms. The fourth-order valence-corrected chi connectivity index (χ4v) is 3.02. The molecule has 0 heterocycles. The van der Waals surface area contributed by atoms with Gasteiger partial charge in [-0.3, -0.25) is 4.79 Å². The van der Waals surface area contributed by atoms with Crippen molar-refractivity contribution >= 4 is 29.2 Å². The van der Waals surface area contributed by atoms with E-state index < -0.39 is 0 Å². The van der Waals surface area contributed by atoms with Gasteiger partial charge in [-0.15, -0.1) is 0 Å². The predicted molar refractivity (Wildman–Crippen MR) is 77.2 cm³/mol. The number of allylic oxidation sites excluding steroid dienone is 1. The van der Waals surface area contributed by atoms with Crippen LogP contribution in [0.2, 0.25) is 0 Å². The highest BCUT2D eigenvalue weighted by Crippen LogP contribution is 2.61. The lowest BCUT2D eigenvalue weighted by Crippen LogP contribution is -2.14. The molecule has 0 amide bonds. The van der Waals surface area contributed by atoms with Crippen molar-refractivity contribution in [3.05, 3.63) is 46.5 Å². The summed E-state index contributed by atoms with van der Waals surface area (Å²) in [6.45, 7) is 4.23. The first-order valence-corrected chi connectivity index (χ1v) is 7.02. The molecule has 1 aromatic rings. The summed E-state index contributed by atoms with van der Waals surface area (Å²) in [5.74, 6) is -0.425. The van der Waals surface area contributed by atoms with E-state index in [1.807, 2.05) is 37.3 Å². The van der Waals surface area contributed by atoms with Crippen LogP contribution in [0.15, 0.2) is 40.9 Å². The van der Waals surface area contributed by atoms with Gasteiger partial charge in [0, 0.05) is 11.3 Å². The first-order chi connectivity index (χ1) is 9.01. The molecule has 3 unspecified atom stereocenters. The summed E-state index contributed by atoms with van der Waals surface area (Å²) in [6.07, 6.45) is 1.73. The monoisotopic (exact) mass is 298 g/mol. The van der Waals surface area contributed by atoms with Gasteiger partial charge in [0.25, 0.3) is 0 Å². The molecule has 1 saturated carbocycles. The van der Waals surface area contributed by atoms with E-state index in [2.05, 4.69) is 0 Å². The highest BCUT2D eigenvalue weighted by molar-refractivity contribution is 6.55. The quantitative estimate of drug-likeness (QED) is 0.783. The largest absolute Gasteiger partial charge is 0.466 e. The number of hydrogen-bond donors (Lipinski definition) is 0. The second kappa shape index (κ2) is 5.56. The van der Waals surface area contributed by atoms with Crippen LogP contribution in [0.3, 0.4) is 0 Å². The number of halogens is 2. The Morgan fingerprint density at radius 2 is 2.00 bits per heavy atom. The molecule has 0 bridgehead atoms. The van der Waals surface area contributed by atoms with Gasteiger partial charge in [0.1, 0.15) is 4.49 Å². The zero-order valence-electron chi connectivity index (χ0n) is 10.9. The fourth-order valence-electron chi connectivity index (χ4n) is 2.74. The van der Waals surface area contributed by atoms with Gasteiger partial charge in [0.2, 0.25) is 0 Å². The maximum atomic E-state index is 12.0. The number of rotatable bonds is 4. The van der Waals surface area contributed by atoms with Gasteiger partial charge in [0.05, 0.1) is 12.5 Å². The average molecular weight is 299 g/mol. The molecule has 1 aliphatic rings. The second-order valence-corrected chi connectivity index (χ2v) is 5.87. The van der Waals surface area contributed by atoms with Crippen molar-refractivity contribution in [1.29, 1.82) is 0 Å². The van der Waals surface area contributed by atoms with Gasteiger partial charge in [0.15, 0.2) is 0 Å². The molecule has 3 atom stereocenters. The zero-order chi connectivity index (χ0) is 14.0. The summed E-state index contributed by atoms with van der Waals surface area (Å²) in [5, 5.41) is 0. The Morgan fingerprint density at radius 1 is 1.37 bits per heavy atom. The van der Waals surface area contributed by atoms with E-state index in [0.717, 1.165) is 5.56 Å². The highest BCUT2D eigenvalue weighted by Gasteiger charge is 2.65. The Labute approximate surface area is 123 Å². The minimum Gasteiger partial charge on any atom is -0.466 e. The normalized spacial score (nSPS) is 28.6. The van der Waals surface area contributed by atoms with Crippen molar-refractivity contribution in [2.45, 2.75) is 19.3 Å². The second-order valence-electron chi connectivity index (χ2n) is 4.86. The standard InChI is InChI=1S/C15H16Cl2O2/c1-3-19-14(18)13-11(9-12(16)17)15(13,2)10-7-5-4-6-8-10/h4-9,11,13H,3H2,1-2H3. The van der Waals surface area contributed by atoms with Crippen molar-refractivity contribution in [3.8, 4) is 0 Å². The maximum Gasteiger partial charge on any atom is 0.310 e. The number of benzene rings is 1. The van der Waals surface area contributed by atoms with Gasteiger partial charge in [-0.1, -0.05) is 60.5 Å². The van der Waals surface area contributed by atoms with Gasteiger partial charge < -0.3 is 4.74 Å². The molecule has 4 heteroatoms. The topological polar surface area (TPSA) is 26.3 Å². The van der Waals surface area contributed by atoms with Crippen LogP contribution in [0.25, 0.3) is 0 Å². The van der Waals surface area contributed by atoms with Crippen molar-refractivity contribution in [2.75, 3.05) is 6.61 Å². The van der Waals surface area contributed by atoms with Gasteiger partial charge >= 0.3 is 5.97 Å². The highest BCUT2D eigenvalue weighted by atomic mass is 35.5. The van der Waals surface area contributed by atoms with Gasteiger partial charge in [-0.05, 0) is 18.6 Å². The Hall–Kier alpha value is -0.990. The fraction of sp³-hybridized carbons (Fsp3) is 0.400. The van der Waals surface area contributed by atoms with Gasteiger partial charge in [-0.25, -0.2) is 0 Å². The molecule has 0 aliphatic heterocycles. The third-order valence-corrected chi connectivity index (χ3v) is 4.08. The smallest absolute Gasteiger partial charge is 0.310 e. The van der Waals surface area contributed by atoms with Crippen molar-refractivity contribution in [1.82, 2.24) is 0 Å². The molecule has 0 saturated heterocycles. The van der Waals surface area contributed by atoms with E-state index in [-0.39, 0.29) is 27.7 Å². The summed E-state index contributed by atoms with van der Waals surface area (Å²) in [7, 11) is 0. The van der Waals surface area contributed by atoms with Crippen LogP contribution in [0.1, 0.15) is 19.4 Å². The lowest BCUT2D eigenvalue weighted by atomic mass is 9.94. The molecule has 0 spiro atoms. The van der Waals surface area contributed by atoms with Crippen molar-refractivity contribution in [2.24, 2.45) is 11.8 Å². The molecule has 1 fully saturated rings. The Balaban J connectivity index is 2.32. The molecule has 0 aromatic heterocycles. The van der Waals surface area contributed by atoms with E-state index >= 15 is 0 Å².